The molecule has 0 aliphatic carbocycles. The molecule has 0 saturated heterocycles. The van der Waals surface area contributed by atoms with E-state index >= 15 is 0 Å². The zero-order valence-electron chi connectivity index (χ0n) is 22.7. The number of hydrogen-bond acceptors (Lipinski definition) is 5. The lowest BCUT2D eigenvalue weighted by Gasteiger charge is -2.23. The number of carbonyl (C=O) groups excluding carboxylic acids is 1. The highest BCUT2D eigenvalue weighted by molar-refractivity contribution is 6.34. The van der Waals surface area contributed by atoms with E-state index in [0.717, 1.165) is 16.7 Å². The number of amides is 2. The van der Waals surface area contributed by atoms with Gasteiger partial charge in [-0.25, -0.2) is 14.0 Å². The van der Waals surface area contributed by atoms with Crippen molar-refractivity contribution in [3.8, 4) is 5.75 Å². The average Bonchev–Trinajstić information content (AvgIpc) is 2.94. The molecule has 3 aromatic rings. The van der Waals surface area contributed by atoms with E-state index in [4.69, 9.17) is 37.4 Å². The Hall–Kier alpha value is -3.37. The Kier molecular flexibility index (Phi) is 13.2. The molecule has 11 heteroatoms. The Morgan fingerprint density at radius 3 is 2.20 bits per heavy atom. The third kappa shape index (κ3) is 11.6. The van der Waals surface area contributed by atoms with Crippen LogP contribution < -0.4 is 10.1 Å². The van der Waals surface area contributed by atoms with Crippen LogP contribution in [0, 0.1) is 5.82 Å². The Bertz CT molecular complexity index is 1240. The van der Waals surface area contributed by atoms with Gasteiger partial charge in [0.25, 0.3) is 0 Å². The summed E-state index contributed by atoms with van der Waals surface area (Å²) in [6.45, 7) is 3.61. The zero-order valence-corrected chi connectivity index (χ0v) is 24.2. The molecule has 3 rings (SSSR count). The number of ether oxygens (including phenoxy) is 3. The maximum absolute atomic E-state index is 13.2. The van der Waals surface area contributed by atoms with Crippen LogP contribution in [0.3, 0.4) is 0 Å². The van der Waals surface area contributed by atoms with Crippen molar-refractivity contribution < 1.29 is 33.3 Å². The molecule has 0 aromatic heterocycles. The molecule has 8 nitrogen and oxygen atoms in total. The van der Waals surface area contributed by atoms with E-state index < -0.39 is 12.1 Å². The summed E-state index contributed by atoms with van der Waals surface area (Å²) in [7, 11) is 0. The van der Waals surface area contributed by atoms with Crippen LogP contribution in [0.2, 0.25) is 10.0 Å². The number of halogens is 3. The van der Waals surface area contributed by atoms with Gasteiger partial charge in [0.05, 0.1) is 19.8 Å². The number of urea groups is 1. The topological polar surface area (TPSA) is 97.3 Å². The van der Waals surface area contributed by atoms with Crippen molar-refractivity contribution in [3.05, 3.63) is 99.3 Å². The first-order valence-corrected chi connectivity index (χ1v) is 13.8. The Morgan fingerprint density at radius 1 is 0.927 bits per heavy atom. The molecular formula is C30H33Cl2FN2O6. The van der Waals surface area contributed by atoms with Crippen molar-refractivity contribution >= 4 is 35.2 Å². The van der Waals surface area contributed by atoms with Gasteiger partial charge >= 0.3 is 12.0 Å². The predicted molar refractivity (Wildman–Crippen MR) is 155 cm³/mol. The number of carbonyl (C=O) groups is 2. The highest BCUT2D eigenvalue weighted by Crippen LogP contribution is 2.19. The summed E-state index contributed by atoms with van der Waals surface area (Å²) in [6.07, 6.45) is -0.667. The van der Waals surface area contributed by atoms with Gasteiger partial charge in [-0.1, -0.05) is 47.5 Å². The van der Waals surface area contributed by atoms with Gasteiger partial charge in [0, 0.05) is 36.2 Å². The summed E-state index contributed by atoms with van der Waals surface area (Å²) >= 11 is 12.1. The largest absolute Gasteiger partial charge is 0.492 e. The van der Waals surface area contributed by atoms with Gasteiger partial charge in [-0.3, -0.25) is 0 Å². The number of aliphatic carboxylic acids is 1. The predicted octanol–water partition coefficient (Wildman–Crippen LogP) is 5.97. The van der Waals surface area contributed by atoms with E-state index in [9.17, 15) is 19.1 Å². The van der Waals surface area contributed by atoms with Crippen LogP contribution in [0.15, 0.2) is 66.7 Å². The Balaban J connectivity index is 1.53. The van der Waals surface area contributed by atoms with Crippen molar-refractivity contribution in [1.29, 1.82) is 0 Å². The summed E-state index contributed by atoms with van der Waals surface area (Å²) in [4.78, 5) is 25.9. The molecule has 0 bridgehead atoms. The van der Waals surface area contributed by atoms with Gasteiger partial charge in [0.1, 0.15) is 18.2 Å². The van der Waals surface area contributed by atoms with Gasteiger partial charge in [0.15, 0.2) is 6.10 Å². The lowest BCUT2D eigenvalue weighted by atomic mass is 10.1. The number of hydrogen-bond donors (Lipinski definition) is 2. The van der Waals surface area contributed by atoms with Gasteiger partial charge in [-0.2, -0.15) is 0 Å². The van der Waals surface area contributed by atoms with Crippen molar-refractivity contribution in [2.24, 2.45) is 0 Å². The molecule has 1 unspecified atom stereocenters. The minimum atomic E-state index is -1.01. The average molecular weight is 608 g/mol. The SMILES string of the molecule is CCOC(Cc1ccc(OCCN(CCOCc2cc(Cl)cc(Cl)c2)C(=O)NCc2ccc(F)cc2)cc1)C(=O)O. The second-order valence-electron chi connectivity index (χ2n) is 9.08. The van der Waals surface area contributed by atoms with Crippen molar-refractivity contribution in [2.75, 3.05) is 32.9 Å². The maximum Gasteiger partial charge on any atom is 0.333 e. The summed E-state index contributed by atoms with van der Waals surface area (Å²) in [5, 5.41) is 13.2. The van der Waals surface area contributed by atoms with Crippen molar-refractivity contribution in [3.63, 3.8) is 0 Å². The summed E-state index contributed by atoms with van der Waals surface area (Å²) < 4.78 is 30.1. The first-order valence-electron chi connectivity index (χ1n) is 13.1. The molecule has 3 aromatic carbocycles. The van der Waals surface area contributed by atoms with Gasteiger partial charge in [-0.15, -0.1) is 0 Å². The lowest BCUT2D eigenvalue weighted by Crippen LogP contribution is -2.43. The zero-order chi connectivity index (χ0) is 29.6. The number of nitrogens with zero attached hydrogens (tertiary/aromatic N) is 1. The van der Waals surface area contributed by atoms with Crippen LogP contribution in [-0.4, -0.2) is 61.0 Å². The van der Waals surface area contributed by atoms with Crippen molar-refractivity contribution in [2.45, 2.75) is 32.6 Å². The number of carboxylic acids is 1. The summed E-state index contributed by atoms with van der Waals surface area (Å²) in [5.41, 5.74) is 2.38. The van der Waals surface area contributed by atoms with Crippen LogP contribution in [0.4, 0.5) is 9.18 Å². The minimum Gasteiger partial charge on any atom is -0.492 e. The third-order valence-corrected chi connectivity index (χ3v) is 6.39. The molecular weight excluding hydrogens is 574 g/mol. The first kappa shape index (κ1) is 32.1. The van der Waals surface area contributed by atoms with E-state index in [1.807, 2.05) is 0 Å². The number of benzene rings is 3. The van der Waals surface area contributed by atoms with Crippen LogP contribution in [0.5, 0.6) is 5.75 Å². The normalized spacial score (nSPS) is 11.6. The molecule has 0 aliphatic heterocycles. The molecule has 41 heavy (non-hydrogen) atoms. The summed E-state index contributed by atoms with van der Waals surface area (Å²) in [5.74, 6) is -0.774. The monoisotopic (exact) mass is 606 g/mol. The van der Waals surface area contributed by atoms with Gasteiger partial charge in [0.2, 0.25) is 0 Å². The Labute approximate surface area is 248 Å². The van der Waals surface area contributed by atoms with Gasteiger partial charge < -0.3 is 29.5 Å². The smallest absolute Gasteiger partial charge is 0.333 e. The van der Waals surface area contributed by atoms with E-state index in [1.165, 1.54) is 12.1 Å². The van der Waals surface area contributed by atoms with E-state index in [0.29, 0.717) is 28.9 Å². The first-order chi connectivity index (χ1) is 19.7. The van der Waals surface area contributed by atoms with E-state index in [2.05, 4.69) is 5.32 Å². The number of rotatable bonds is 16. The molecule has 220 valence electrons. The standard InChI is InChI=1S/C30H33Cl2FN2O6/c1-2-40-28(29(36)37)17-21-5-9-27(10-6-21)41-14-12-35(30(38)34-19-22-3-7-26(33)8-4-22)11-13-39-20-23-15-24(31)18-25(32)16-23/h3-10,15-16,18,28H,2,11-14,17,19-20H2,1H3,(H,34,38)(H,36,37). The van der Waals surface area contributed by atoms with Crippen molar-refractivity contribution in [1.82, 2.24) is 10.2 Å². The second kappa shape index (κ2) is 16.8. The molecule has 0 heterocycles. The third-order valence-electron chi connectivity index (χ3n) is 5.96. The highest BCUT2D eigenvalue weighted by atomic mass is 35.5. The number of carboxylic acid groups (broad SMARTS) is 1. The summed E-state index contributed by atoms with van der Waals surface area (Å²) in [6, 6.07) is 17.8. The van der Waals surface area contributed by atoms with Crippen LogP contribution >= 0.6 is 23.2 Å². The second-order valence-corrected chi connectivity index (χ2v) is 9.95. The van der Waals surface area contributed by atoms with Crippen LogP contribution in [-0.2, 0) is 33.8 Å². The van der Waals surface area contributed by atoms with Crippen LogP contribution in [0.25, 0.3) is 0 Å². The molecule has 0 radical (unpaired) electrons. The quantitative estimate of drug-likeness (QED) is 0.195. The van der Waals surface area contributed by atoms with E-state index in [1.54, 1.807) is 66.4 Å². The fraction of sp³-hybridized carbons (Fsp3) is 0.333. The molecule has 0 spiro atoms. The van der Waals surface area contributed by atoms with Gasteiger partial charge in [-0.05, 0) is 66.1 Å². The molecule has 2 amide bonds. The molecule has 2 N–H and O–H groups in total. The minimum absolute atomic E-state index is 0.212. The highest BCUT2D eigenvalue weighted by Gasteiger charge is 2.18. The molecule has 0 saturated carbocycles. The Morgan fingerprint density at radius 2 is 1.56 bits per heavy atom. The van der Waals surface area contributed by atoms with E-state index in [-0.39, 0.29) is 51.2 Å². The fourth-order valence-electron chi connectivity index (χ4n) is 3.89. The molecule has 0 aliphatic rings. The molecule has 0 fully saturated rings. The molecule has 1 atom stereocenters. The lowest BCUT2D eigenvalue weighted by molar-refractivity contribution is -0.149. The maximum atomic E-state index is 13.2. The fourth-order valence-corrected chi connectivity index (χ4v) is 4.47. The van der Waals surface area contributed by atoms with Crippen LogP contribution in [0.1, 0.15) is 23.6 Å². The number of nitrogens with one attached hydrogen (secondary N) is 1.